The minimum absolute atomic E-state index is 0.864. The van der Waals surface area contributed by atoms with Crippen molar-refractivity contribution < 1.29 is 9.47 Å². The Bertz CT molecular complexity index is 944. The van der Waals surface area contributed by atoms with Gasteiger partial charge in [-0.3, -0.25) is 4.98 Å². The average molecular weight is 343 g/mol. The minimum Gasteiger partial charge on any atom is -0.497 e. The predicted octanol–water partition coefficient (Wildman–Crippen LogP) is 5.00. The predicted molar refractivity (Wildman–Crippen MR) is 104 cm³/mol. The van der Waals surface area contributed by atoms with Gasteiger partial charge in [0.1, 0.15) is 11.5 Å². The van der Waals surface area contributed by atoms with E-state index in [4.69, 9.17) is 9.47 Å². The van der Waals surface area contributed by atoms with Gasteiger partial charge in [0.05, 0.1) is 14.2 Å². The molecule has 0 saturated carbocycles. The normalized spacial score (nSPS) is 13.3. The third-order valence-corrected chi connectivity index (χ3v) is 4.92. The second-order valence-corrected chi connectivity index (χ2v) is 6.35. The molecule has 3 nitrogen and oxygen atoms in total. The van der Waals surface area contributed by atoms with E-state index >= 15 is 0 Å². The molecule has 0 unspecified atom stereocenters. The largest absolute Gasteiger partial charge is 0.497 e. The highest BCUT2D eigenvalue weighted by molar-refractivity contribution is 6.00. The number of ether oxygens (including phenoxy) is 2. The van der Waals surface area contributed by atoms with E-state index in [1.54, 1.807) is 14.2 Å². The fraction of sp³-hybridized carbons (Fsp3) is 0.174. The van der Waals surface area contributed by atoms with Gasteiger partial charge in [-0.05, 0) is 76.6 Å². The molecule has 0 amide bonds. The Hall–Kier alpha value is -3.07. The summed E-state index contributed by atoms with van der Waals surface area (Å²) in [5.74, 6) is 1.77. The summed E-state index contributed by atoms with van der Waals surface area (Å²) in [6.45, 7) is 0. The third-order valence-electron chi connectivity index (χ3n) is 4.92. The maximum Gasteiger partial charge on any atom is 0.119 e. The molecular weight excluding hydrogens is 322 g/mol. The molecule has 1 aliphatic carbocycles. The van der Waals surface area contributed by atoms with Gasteiger partial charge < -0.3 is 9.47 Å². The molecule has 26 heavy (non-hydrogen) atoms. The Kier molecular flexibility index (Phi) is 4.44. The van der Waals surface area contributed by atoms with Crippen molar-refractivity contribution in [2.45, 2.75) is 12.8 Å². The van der Waals surface area contributed by atoms with Crippen molar-refractivity contribution in [3.05, 3.63) is 89.2 Å². The maximum absolute atomic E-state index is 5.42. The van der Waals surface area contributed by atoms with Gasteiger partial charge in [-0.2, -0.15) is 0 Å². The van der Waals surface area contributed by atoms with Gasteiger partial charge in [-0.15, -0.1) is 0 Å². The lowest BCUT2D eigenvalue weighted by atomic mass is 9.80. The average Bonchev–Trinajstić information content (AvgIpc) is 2.73. The molecule has 0 saturated heterocycles. The van der Waals surface area contributed by atoms with E-state index in [-0.39, 0.29) is 0 Å². The van der Waals surface area contributed by atoms with Crippen LogP contribution in [0.25, 0.3) is 11.1 Å². The summed E-state index contributed by atoms with van der Waals surface area (Å²) in [5, 5.41) is 0. The fourth-order valence-corrected chi connectivity index (χ4v) is 3.61. The van der Waals surface area contributed by atoms with Crippen molar-refractivity contribution in [1.82, 2.24) is 4.98 Å². The van der Waals surface area contributed by atoms with Crippen LogP contribution in [0.5, 0.6) is 11.5 Å². The smallest absolute Gasteiger partial charge is 0.119 e. The number of benzene rings is 2. The number of pyridine rings is 1. The Morgan fingerprint density at radius 3 is 2.27 bits per heavy atom. The molecule has 1 heterocycles. The van der Waals surface area contributed by atoms with Gasteiger partial charge in [-0.25, -0.2) is 0 Å². The van der Waals surface area contributed by atoms with Crippen molar-refractivity contribution >= 4 is 11.1 Å². The first-order chi connectivity index (χ1) is 12.8. The molecule has 2 aromatic carbocycles. The molecule has 0 aliphatic heterocycles. The summed E-state index contributed by atoms with van der Waals surface area (Å²) < 4.78 is 10.7. The van der Waals surface area contributed by atoms with Crippen molar-refractivity contribution in [3.8, 4) is 11.5 Å². The van der Waals surface area contributed by atoms with E-state index in [1.165, 1.54) is 33.4 Å². The first kappa shape index (κ1) is 16.4. The van der Waals surface area contributed by atoms with E-state index in [1.807, 2.05) is 36.7 Å². The molecule has 130 valence electrons. The van der Waals surface area contributed by atoms with E-state index in [9.17, 15) is 0 Å². The molecule has 0 bridgehead atoms. The summed E-state index contributed by atoms with van der Waals surface area (Å²) in [5.41, 5.74) is 7.56. The van der Waals surface area contributed by atoms with Crippen LogP contribution in [0.1, 0.15) is 28.7 Å². The number of aryl methyl sites for hydroxylation is 1. The molecule has 3 heteroatoms. The van der Waals surface area contributed by atoms with Gasteiger partial charge in [0.15, 0.2) is 0 Å². The van der Waals surface area contributed by atoms with Crippen LogP contribution in [-0.4, -0.2) is 19.2 Å². The molecule has 0 atom stereocenters. The topological polar surface area (TPSA) is 31.4 Å². The molecule has 0 spiro atoms. The quantitative estimate of drug-likeness (QED) is 0.668. The second kappa shape index (κ2) is 7.04. The minimum atomic E-state index is 0.864. The van der Waals surface area contributed by atoms with Crippen molar-refractivity contribution in [1.29, 1.82) is 0 Å². The molecule has 0 radical (unpaired) electrons. The first-order valence-corrected chi connectivity index (χ1v) is 8.75. The molecule has 0 fully saturated rings. The number of hydrogen-bond acceptors (Lipinski definition) is 3. The van der Waals surface area contributed by atoms with Gasteiger partial charge in [0, 0.05) is 12.4 Å². The Morgan fingerprint density at radius 2 is 1.58 bits per heavy atom. The number of hydrogen-bond donors (Lipinski definition) is 0. The van der Waals surface area contributed by atoms with Crippen LogP contribution in [-0.2, 0) is 6.42 Å². The summed E-state index contributed by atoms with van der Waals surface area (Å²) >= 11 is 0. The number of allylic oxidation sites excluding steroid dienone is 1. The fourth-order valence-electron chi connectivity index (χ4n) is 3.61. The summed E-state index contributed by atoms with van der Waals surface area (Å²) in [6.07, 6.45) is 5.75. The highest BCUT2D eigenvalue weighted by Gasteiger charge is 2.22. The lowest BCUT2D eigenvalue weighted by Gasteiger charge is -2.25. The number of methoxy groups -OCH3 is 2. The van der Waals surface area contributed by atoms with E-state index < -0.39 is 0 Å². The summed E-state index contributed by atoms with van der Waals surface area (Å²) in [4.78, 5) is 4.32. The molecule has 1 aliphatic rings. The number of aromatic nitrogens is 1. The zero-order valence-electron chi connectivity index (χ0n) is 15.0. The van der Waals surface area contributed by atoms with Crippen LogP contribution in [0.15, 0.2) is 67.0 Å². The third kappa shape index (κ3) is 2.97. The summed E-state index contributed by atoms with van der Waals surface area (Å²) in [6, 6.07) is 18.8. The van der Waals surface area contributed by atoms with Crippen LogP contribution < -0.4 is 9.47 Å². The molecule has 4 rings (SSSR count). The molecular formula is C23H21NO2. The SMILES string of the molecule is COc1ccc(C2=C(c3cccnc3)CCc3cc(OC)ccc32)cc1. The Morgan fingerprint density at radius 1 is 0.808 bits per heavy atom. The first-order valence-electron chi connectivity index (χ1n) is 8.75. The van der Waals surface area contributed by atoms with Gasteiger partial charge in [0.2, 0.25) is 0 Å². The van der Waals surface area contributed by atoms with E-state index in [2.05, 4.69) is 35.3 Å². The standard InChI is InChI=1S/C23H21NO2/c1-25-19-8-5-16(6-9-19)23-21-12-10-20(26-2)14-17(21)7-11-22(23)18-4-3-13-24-15-18/h3-6,8-10,12-15H,7,11H2,1-2H3. The van der Waals surface area contributed by atoms with E-state index in [0.29, 0.717) is 0 Å². The van der Waals surface area contributed by atoms with Crippen molar-refractivity contribution in [2.24, 2.45) is 0 Å². The maximum atomic E-state index is 5.42. The van der Waals surface area contributed by atoms with Crippen LogP contribution in [0.3, 0.4) is 0 Å². The zero-order valence-corrected chi connectivity index (χ0v) is 15.0. The van der Waals surface area contributed by atoms with E-state index in [0.717, 1.165) is 24.3 Å². The number of rotatable bonds is 4. The monoisotopic (exact) mass is 343 g/mol. The highest BCUT2D eigenvalue weighted by Crippen LogP contribution is 2.41. The zero-order chi connectivity index (χ0) is 17.9. The highest BCUT2D eigenvalue weighted by atomic mass is 16.5. The number of nitrogens with zero attached hydrogens (tertiary/aromatic N) is 1. The lowest BCUT2D eigenvalue weighted by Crippen LogP contribution is -2.06. The van der Waals surface area contributed by atoms with Crippen molar-refractivity contribution in [3.63, 3.8) is 0 Å². The number of fused-ring (bicyclic) bond motifs is 1. The lowest BCUT2D eigenvalue weighted by molar-refractivity contribution is 0.414. The second-order valence-electron chi connectivity index (χ2n) is 6.35. The summed E-state index contributed by atoms with van der Waals surface area (Å²) in [7, 11) is 3.41. The van der Waals surface area contributed by atoms with Gasteiger partial charge in [0.25, 0.3) is 0 Å². The van der Waals surface area contributed by atoms with Crippen LogP contribution in [0, 0.1) is 0 Å². The van der Waals surface area contributed by atoms with Crippen molar-refractivity contribution in [2.75, 3.05) is 14.2 Å². The molecule has 0 N–H and O–H groups in total. The van der Waals surface area contributed by atoms with Crippen LogP contribution >= 0.6 is 0 Å². The Labute approximate surface area is 153 Å². The molecule has 3 aromatic rings. The van der Waals surface area contributed by atoms with Crippen LogP contribution in [0.2, 0.25) is 0 Å². The van der Waals surface area contributed by atoms with Gasteiger partial charge in [-0.1, -0.05) is 24.3 Å². The molecule has 1 aromatic heterocycles. The van der Waals surface area contributed by atoms with Gasteiger partial charge >= 0.3 is 0 Å². The Balaban J connectivity index is 1.93. The van der Waals surface area contributed by atoms with Crippen LogP contribution in [0.4, 0.5) is 0 Å².